The molecule has 1 amide bonds. The van der Waals surface area contributed by atoms with Gasteiger partial charge in [-0.3, -0.25) is 14.7 Å². The predicted octanol–water partition coefficient (Wildman–Crippen LogP) is 0.717. The topological polar surface area (TPSA) is 83.9 Å². The summed E-state index contributed by atoms with van der Waals surface area (Å²) in [7, 11) is 0. The van der Waals surface area contributed by atoms with Crippen LogP contribution in [0.2, 0.25) is 0 Å². The molecule has 0 saturated carbocycles. The minimum Gasteiger partial charge on any atom is -0.389 e. The Morgan fingerprint density at radius 1 is 1.35 bits per heavy atom. The first-order valence-electron chi connectivity index (χ1n) is 9.46. The monoisotopic (exact) mass is 363 g/mol. The molecule has 0 aliphatic carbocycles. The highest BCUT2D eigenvalue weighted by molar-refractivity contribution is 5.76. The Hall–Kier alpha value is -1.54. The molecule has 7 nitrogen and oxygen atoms in total. The van der Waals surface area contributed by atoms with Gasteiger partial charge >= 0.3 is 0 Å². The number of hydrogen-bond acceptors (Lipinski definition) is 6. The number of ether oxygens (including phenoxy) is 2. The van der Waals surface area contributed by atoms with E-state index in [1.807, 2.05) is 19.1 Å². The molecule has 0 spiro atoms. The van der Waals surface area contributed by atoms with Crippen LogP contribution in [0.4, 0.5) is 0 Å². The maximum atomic E-state index is 11.9. The number of aliphatic hydroxyl groups is 1. The van der Waals surface area contributed by atoms with Crippen molar-refractivity contribution in [3.05, 3.63) is 30.1 Å². The van der Waals surface area contributed by atoms with Gasteiger partial charge in [0.05, 0.1) is 37.9 Å². The fourth-order valence-corrected chi connectivity index (χ4v) is 3.83. The molecular weight excluding hydrogens is 334 g/mol. The summed E-state index contributed by atoms with van der Waals surface area (Å²) in [6.07, 6.45) is 5.06. The largest absolute Gasteiger partial charge is 0.389 e. The summed E-state index contributed by atoms with van der Waals surface area (Å²) in [5.41, 5.74) is 1.16. The number of carbonyl (C=O) groups excluding carboxylic acids is 1. The number of amides is 1. The van der Waals surface area contributed by atoms with Crippen LogP contribution in [0.25, 0.3) is 0 Å². The third kappa shape index (κ3) is 5.23. The van der Waals surface area contributed by atoms with Gasteiger partial charge in [0.15, 0.2) is 0 Å². The Balaban J connectivity index is 1.67. The molecule has 144 valence electrons. The molecule has 1 aromatic rings. The fraction of sp³-hybridized carbons (Fsp3) is 0.684. The van der Waals surface area contributed by atoms with Gasteiger partial charge in [-0.2, -0.15) is 0 Å². The van der Waals surface area contributed by atoms with E-state index in [4.69, 9.17) is 9.47 Å². The molecule has 2 N–H and O–H groups in total. The number of pyridine rings is 1. The van der Waals surface area contributed by atoms with Crippen LogP contribution in [0.15, 0.2) is 24.5 Å². The van der Waals surface area contributed by atoms with E-state index in [0.717, 1.165) is 24.9 Å². The number of nitrogens with zero attached hydrogens (tertiary/aromatic N) is 2. The van der Waals surface area contributed by atoms with Crippen molar-refractivity contribution in [3.63, 3.8) is 0 Å². The summed E-state index contributed by atoms with van der Waals surface area (Å²) in [6, 6.07) is 4.17. The summed E-state index contributed by atoms with van der Waals surface area (Å²) in [6.45, 7) is 4.60. The van der Waals surface area contributed by atoms with Gasteiger partial charge in [-0.05, 0) is 37.5 Å². The lowest BCUT2D eigenvalue weighted by Gasteiger charge is -2.44. The van der Waals surface area contributed by atoms with Gasteiger partial charge < -0.3 is 19.9 Å². The summed E-state index contributed by atoms with van der Waals surface area (Å²) >= 11 is 0. The van der Waals surface area contributed by atoms with Crippen LogP contribution in [0, 0.1) is 0 Å². The van der Waals surface area contributed by atoms with E-state index in [9.17, 15) is 9.90 Å². The molecule has 26 heavy (non-hydrogen) atoms. The number of hydrogen-bond donors (Lipinski definition) is 2. The van der Waals surface area contributed by atoms with Crippen molar-refractivity contribution in [3.8, 4) is 0 Å². The van der Waals surface area contributed by atoms with Gasteiger partial charge in [-0.1, -0.05) is 0 Å². The third-order valence-electron chi connectivity index (χ3n) is 5.01. The zero-order chi connectivity index (χ0) is 18.4. The average molecular weight is 363 g/mol. The highest BCUT2D eigenvalue weighted by Crippen LogP contribution is 2.28. The Morgan fingerprint density at radius 3 is 2.92 bits per heavy atom. The quantitative estimate of drug-likeness (QED) is 0.802. The zero-order valence-corrected chi connectivity index (χ0v) is 15.3. The second kappa shape index (κ2) is 9.41. The molecular formula is C19H29N3O4. The minimum atomic E-state index is -0.508. The Bertz CT molecular complexity index is 571. The zero-order valence-electron chi connectivity index (χ0n) is 15.3. The maximum Gasteiger partial charge on any atom is 0.222 e. The van der Waals surface area contributed by atoms with Crippen molar-refractivity contribution in [1.29, 1.82) is 0 Å². The lowest BCUT2D eigenvalue weighted by atomic mass is 9.94. The van der Waals surface area contributed by atoms with Crippen LogP contribution in [-0.4, -0.2) is 71.6 Å². The maximum absolute atomic E-state index is 11.9. The number of fused-ring (bicyclic) bond motifs is 1. The van der Waals surface area contributed by atoms with Gasteiger partial charge in [-0.25, -0.2) is 0 Å². The Morgan fingerprint density at radius 2 is 2.15 bits per heavy atom. The molecule has 3 rings (SSSR count). The molecule has 1 aromatic heterocycles. The highest BCUT2D eigenvalue weighted by atomic mass is 16.5. The summed E-state index contributed by atoms with van der Waals surface area (Å²) < 4.78 is 11.9. The summed E-state index contributed by atoms with van der Waals surface area (Å²) in [5, 5.41) is 13.0. The van der Waals surface area contributed by atoms with E-state index in [1.165, 1.54) is 0 Å². The number of nitrogens with one attached hydrogen (secondary N) is 1. The van der Waals surface area contributed by atoms with E-state index in [-0.39, 0.29) is 24.2 Å². The van der Waals surface area contributed by atoms with Crippen molar-refractivity contribution in [2.75, 3.05) is 26.3 Å². The molecule has 0 radical (unpaired) electrons. The second-order valence-corrected chi connectivity index (χ2v) is 7.08. The van der Waals surface area contributed by atoms with E-state index in [2.05, 4.69) is 15.2 Å². The van der Waals surface area contributed by atoms with Gasteiger partial charge in [0.1, 0.15) is 0 Å². The molecule has 0 bridgehead atoms. The van der Waals surface area contributed by atoms with Crippen molar-refractivity contribution in [1.82, 2.24) is 15.2 Å². The van der Waals surface area contributed by atoms with Gasteiger partial charge in [0.2, 0.25) is 5.91 Å². The van der Waals surface area contributed by atoms with Crippen LogP contribution in [-0.2, 0) is 20.8 Å². The first-order valence-corrected chi connectivity index (χ1v) is 9.46. The van der Waals surface area contributed by atoms with Crippen molar-refractivity contribution in [2.24, 2.45) is 0 Å². The van der Waals surface area contributed by atoms with E-state index >= 15 is 0 Å². The molecule has 7 heteroatoms. The van der Waals surface area contributed by atoms with Gasteiger partial charge in [0.25, 0.3) is 0 Å². The molecule has 0 unspecified atom stereocenters. The predicted molar refractivity (Wildman–Crippen MR) is 96.5 cm³/mol. The van der Waals surface area contributed by atoms with Crippen LogP contribution in [0.5, 0.6) is 0 Å². The molecule has 0 aromatic carbocycles. The lowest BCUT2D eigenvalue weighted by Crippen LogP contribution is -2.55. The normalized spacial score (nSPS) is 30.1. The number of carbonyl (C=O) groups is 1. The van der Waals surface area contributed by atoms with Crippen molar-refractivity contribution >= 4 is 5.91 Å². The van der Waals surface area contributed by atoms with Crippen LogP contribution in [0.3, 0.4) is 0 Å². The number of aliphatic hydroxyl groups excluding tert-OH is 1. The highest BCUT2D eigenvalue weighted by Gasteiger charge is 2.37. The van der Waals surface area contributed by atoms with Crippen LogP contribution < -0.4 is 5.32 Å². The third-order valence-corrected chi connectivity index (χ3v) is 5.01. The molecule has 2 fully saturated rings. The van der Waals surface area contributed by atoms with Gasteiger partial charge in [-0.15, -0.1) is 0 Å². The molecule has 2 aliphatic heterocycles. The molecule has 4 atom stereocenters. The minimum absolute atomic E-state index is 0.0341. The first kappa shape index (κ1) is 19.2. The smallest absolute Gasteiger partial charge is 0.222 e. The van der Waals surface area contributed by atoms with E-state index in [1.54, 1.807) is 12.4 Å². The van der Waals surface area contributed by atoms with Gasteiger partial charge in [0, 0.05) is 38.1 Å². The van der Waals surface area contributed by atoms with Crippen molar-refractivity contribution < 1.29 is 19.4 Å². The number of β-amino-alcohol motifs (C(OH)–C–C–N with tert-alkyl or cyclic N) is 1. The fourth-order valence-electron chi connectivity index (χ4n) is 3.83. The Labute approximate surface area is 154 Å². The summed E-state index contributed by atoms with van der Waals surface area (Å²) in [4.78, 5) is 18.2. The Kier molecular flexibility index (Phi) is 6.96. The lowest BCUT2D eigenvalue weighted by molar-refractivity contribution is -0.158. The second-order valence-electron chi connectivity index (χ2n) is 7.08. The van der Waals surface area contributed by atoms with E-state index < -0.39 is 6.10 Å². The average Bonchev–Trinajstić information content (AvgIpc) is 2.61. The number of aromatic nitrogens is 1. The van der Waals surface area contributed by atoms with E-state index in [0.29, 0.717) is 32.7 Å². The van der Waals surface area contributed by atoms with Crippen LogP contribution in [0.1, 0.15) is 31.7 Å². The first-order chi connectivity index (χ1) is 12.7. The molecule has 2 aliphatic rings. The molecule has 3 heterocycles. The summed E-state index contributed by atoms with van der Waals surface area (Å²) in [5.74, 6) is 0.0341. The van der Waals surface area contributed by atoms with Crippen molar-refractivity contribution in [2.45, 2.75) is 57.1 Å². The van der Waals surface area contributed by atoms with Crippen LogP contribution >= 0.6 is 0 Å². The standard InChI is InChI=1S/C19H29N3O4/c1-2-21-19(24)9-16-3-4-17-18(26-16)13-25-12-15(23)11-22(17)10-14-5-7-20-8-6-14/h5-8,15-18,23H,2-4,9-13H2,1H3,(H,21,24)/t15-,16-,17-,18+/m0/s1. The SMILES string of the molecule is CCNC(=O)C[C@@H]1CC[C@H]2[C@@H](COC[C@@H](O)CN2Cc2ccncc2)O1. The molecule has 2 saturated heterocycles. The number of rotatable bonds is 5.